The SMILES string of the molecule is CCOc1cncc(-c2ccc(NC(=O)C3(c4cncc(NS(=O)C5CC5)n4)CCN(S(C)(=O)=O)CC3)nc2)n1. The van der Waals surface area contributed by atoms with Gasteiger partial charge in [0.1, 0.15) is 16.8 Å². The summed E-state index contributed by atoms with van der Waals surface area (Å²) in [7, 11) is -4.71. The first-order valence-corrected chi connectivity index (χ1v) is 15.9. The van der Waals surface area contributed by atoms with E-state index in [0.717, 1.165) is 19.1 Å². The number of anilines is 2. The van der Waals surface area contributed by atoms with Gasteiger partial charge in [0.15, 0.2) is 5.82 Å². The van der Waals surface area contributed by atoms with Crippen LogP contribution in [0.5, 0.6) is 5.88 Å². The van der Waals surface area contributed by atoms with Crippen LogP contribution in [0, 0.1) is 0 Å². The first-order valence-electron chi connectivity index (χ1n) is 12.9. The lowest BCUT2D eigenvalue weighted by Gasteiger charge is -2.39. The number of aromatic nitrogens is 5. The molecule has 2 N–H and O–H groups in total. The van der Waals surface area contributed by atoms with Gasteiger partial charge in [0.05, 0.1) is 53.5 Å². The fourth-order valence-electron chi connectivity index (χ4n) is 4.47. The van der Waals surface area contributed by atoms with Crippen molar-refractivity contribution in [3.05, 3.63) is 48.8 Å². The number of amides is 1. The van der Waals surface area contributed by atoms with Crippen LogP contribution in [0.4, 0.5) is 11.6 Å². The van der Waals surface area contributed by atoms with E-state index in [1.807, 2.05) is 6.92 Å². The van der Waals surface area contributed by atoms with Crippen molar-refractivity contribution in [2.45, 2.75) is 43.3 Å². The van der Waals surface area contributed by atoms with Gasteiger partial charge in [-0.1, -0.05) is 0 Å². The molecule has 1 unspecified atom stereocenters. The molecular weight excluding hydrogens is 556 g/mol. The largest absolute Gasteiger partial charge is 0.477 e. The molecule has 0 bridgehead atoms. The molecule has 1 aliphatic carbocycles. The molecule has 0 aromatic carbocycles. The highest BCUT2D eigenvalue weighted by molar-refractivity contribution is 7.88. The third kappa shape index (κ3) is 6.26. The Morgan fingerprint density at radius 3 is 2.48 bits per heavy atom. The maximum atomic E-state index is 13.9. The van der Waals surface area contributed by atoms with Crippen molar-refractivity contribution in [1.29, 1.82) is 0 Å². The molecule has 0 radical (unpaired) electrons. The quantitative estimate of drug-likeness (QED) is 0.358. The van der Waals surface area contributed by atoms with E-state index < -0.39 is 26.4 Å². The fraction of sp³-hybridized carbons (Fsp3) is 0.440. The number of hydrogen-bond donors (Lipinski definition) is 2. The zero-order valence-electron chi connectivity index (χ0n) is 22.1. The zero-order chi connectivity index (χ0) is 28.3. The Balaban J connectivity index is 1.39. The number of nitrogens with zero attached hydrogens (tertiary/aromatic N) is 6. The molecule has 40 heavy (non-hydrogen) atoms. The minimum atomic E-state index is -3.43. The number of carbonyl (C=O) groups excluding carboxylic acids is 1. The first kappa shape index (κ1) is 28.0. The van der Waals surface area contributed by atoms with Crippen LogP contribution in [0.3, 0.4) is 0 Å². The molecule has 1 saturated heterocycles. The van der Waals surface area contributed by atoms with Gasteiger partial charge >= 0.3 is 0 Å². The van der Waals surface area contributed by atoms with Gasteiger partial charge in [-0.2, -0.15) is 0 Å². The maximum Gasteiger partial charge on any atom is 0.237 e. The second-order valence-electron chi connectivity index (χ2n) is 9.69. The topological polar surface area (TPSA) is 169 Å². The molecular formula is C25H30N8O5S2. The highest BCUT2D eigenvalue weighted by Gasteiger charge is 2.46. The van der Waals surface area contributed by atoms with Gasteiger partial charge in [-0.25, -0.2) is 31.9 Å². The minimum absolute atomic E-state index is 0.0855. The smallest absolute Gasteiger partial charge is 0.237 e. The summed E-state index contributed by atoms with van der Waals surface area (Å²) < 4.78 is 46.4. The first-order chi connectivity index (χ1) is 19.2. The average Bonchev–Trinajstić information content (AvgIpc) is 3.79. The van der Waals surface area contributed by atoms with Crippen molar-refractivity contribution in [1.82, 2.24) is 29.2 Å². The molecule has 1 aliphatic heterocycles. The average molecular weight is 587 g/mol. The van der Waals surface area contributed by atoms with Crippen LogP contribution in [0.15, 0.2) is 43.1 Å². The Labute approximate surface area is 234 Å². The summed E-state index contributed by atoms with van der Waals surface area (Å²) in [5.41, 5.74) is 0.459. The molecule has 1 saturated carbocycles. The molecule has 0 spiro atoms. The molecule has 1 amide bonds. The Kier molecular flexibility index (Phi) is 8.05. The Bertz CT molecular complexity index is 1510. The summed E-state index contributed by atoms with van der Waals surface area (Å²) in [6.07, 6.45) is 11.0. The van der Waals surface area contributed by atoms with Gasteiger partial charge < -0.3 is 10.1 Å². The van der Waals surface area contributed by atoms with E-state index in [4.69, 9.17) is 4.74 Å². The minimum Gasteiger partial charge on any atom is -0.477 e. The van der Waals surface area contributed by atoms with E-state index in [1.165, 1.54) is 22.9 Å². The number of piperidine rings is 1. The summed E-state index contributed by atoms with van der Waals surface area (Å²) in [6, 6.07) is 3.42. The predicted octanol–water partition coefficient (Wildman–Crippen LogP) is 1.90. The maximum absolute atomic E-state index is 13.9. The number of hydrogen-bond acceptors (Lipinski definition) is 10. The van der Waals surface area contributed by atoms with E-state index >= 15 is 0 Å². The van der Waals surface area contributed by atoms with Gasteiger partial charge in [-0.15, -0.1) is 0 Å². The highest BCUT2D eigenvalue weighted by Crippen LogP contribution is 2.37. The second-order valence-corrected chi connectivity index (χ2v) is 13.1. The standard InChI is InChI=1S/C25H30N8O5S2/c1-3-38-23-16-26-13-19(29-23)17-4-7-21(28-12-17)31-24(34)25(8-10-33(11-9-25)40(2,36)37)20-14-27-15-22(30-20)32-39(35)18-5-6-18/h4,7,12-16,18H,3,5-6,8-11H2,1-2H3,(H,30,32)(H,28,31,34). The van der Waals surface area contributed by atoms with Crippen molar-refractivity contribution in [2.75, 3.05) is 36.0 Å². The molecule has 3 aromatic rings. The van der Waals surface area contributed by atoms with Crippen molar-refractivity contribution in [2.24, 2.45) is 0 Å². The van der Waals surface area contributed by atoms with E-state index in [1.54, 1.807) is 24.5 Å². The van der Waals surface area contributed by atoms with Crippen LogP contribution in [0.2, 0.25) is 0 Å². The fourth-order valence-corrected chi connectivity index (χ4v) is 6.35. The lowest BCUT2D eigenvalue weighted by Crippen LogP contribution is -2.51. The van der Waals surface area contributed by atoms with Gasteiger partial charge in [-0.3, -0.25) is 19.5 Å². The summed E-state index contributed by atoms with van der Waals surface area (Å²) in [5.74, 6) is 0.635. The van der Waals surface area contributed by atoms with Gasteiger partial charge in [0, 0.05) is 31.0 Å². The van der Waals surface area contributed by atoms with Crippen molar-refractivity contribution < 1.29 is 22.2 Å². The molecule has 4 heterocycles. The highest BCUT2D eigenvalue weighted by atomic mass is 32.2. The third-order valence-electron chi connectivity index (χ3n) is 6.84. The van der Waals surface area contributed by atoms with Crippen LogP contribution in [0.1, 0.15) is 38.3 Å². The van der Waals surface area contributed by atoms with Crippen LogP contribution in [-0.4, -0.2) is 79.0 Å². The van der Waals surface area contributed by atoms with Crippen molar-refractivity contribution in [3.8, 4) is 17.1 Å². The number of sulfonamides is 1. The second kappa shape index (κ2) is 11.5. The van der Waals surface area contributed by atoms with Gasteiger partial charge in [-0.05, 0) is 44.7 Å². The Hall–Kier alpha value is -3.56. The molecule has 212 valence electrons. The monoisotopic (exact) mass is 586 g/mol. The summed E-state index contributed by atoms with van der Waals surface area (Å²) in [6.45, 7) is 2.60. The van der Waals surface area contributed by atoms with Crippen molar-refractivity contribution >= 4 is 38.6 Å². The lowest BCUT2D eigenvalue weighted by atomic mass is 9.75. The molecule has 2 aliphatic rings. The van der Waals surface area contributed by atoms with Crippen LogP contribution >= 0.6 is 0 Å². The summed E-state index contributed by atoms with van der Waals surface area (Å²) in [4.78, 5) is 35.7. The number of ether oxygens (including phenoxy) is 1. The third-order valence-corrected chi connectivity index (χ3v) is 9.63. The molecule has 13 nitrogen and oxygen atoms in total. The van der Waals surface area contributed by atoms with E-state index in [2.05, 4.69) is 35.0 Å². The number of nitrogens with one attached hydrogen (secondary N) is 2. The normalized spacial score (nSPS) is 18.1. The number of pyridine rings is 1. The summed E-state index contributed by atoms with van der Waals surface area (Å²) >= 11 is 0. The lowest BCUT2D eigenvalue weighted by molar-refractivity contribution is -0.123. The number of rotatable bonds is 10. The van der Waals surface area contributed by atoms with E-state index in [9.17, 15) is 17.4 Å². The molecule has 15 heteroatoms. The molecule has 1 atom stereocenters. The van der Waals surface area contributed by atoms with Crippen LogP contribution in [0.25, 0.3) is 11.3 Å². The molecule has 2 fully saturated rings. The zero-order valence-corrected chi connectivity index (χ0v) is 23.7. The Morgan fingerprint density at radius 1 is 1.07 bits per heavy atom. The van der Waals surface area contributed by atoms with Crippen molar-refractivity contribution in [3.63, 3.8) is 0 Å². The van der Waals surface area contributed by atoms with Crippen LogP contribution in [-0.2, 0) is 31.2 Å². The Morgan fingerprint density at radius 2 is 1.82 bits per heavy atom. The number of carbonyl (C=O) groups is 1. The van der Waals surface area contributed by atoms with Crippen LogP contribution < -0.4 is 14.8 Å². The predicted molar refractivity (Wildman–Crippen MR) is 149 cm³/mol. The van der Waals surface area contributed by atoms with E-state index in [-0.39, 0.29) is 37.1 Å². The van der Waals surface area contributed by atoms with E-state index in [0.29, 0.717) is 41.1 Å². The molecule has 5 rings (SSSR count). The molecule has 3 aromatic heterocycles. The summed E-state index contributed by atoms with van der Waals surface area (Å²) in [5, 5.41) is 2.96. The van der Waals surface area contributed by atoms with Gasteiger partial charge in [0.25, 0.3) is 0 Å². The van der Waals surface area contributed by atoms with Gasteiger partial charge in [0.2, 0.25) is 21.8 Å².